The minimum absolute atomic E-state index is 0.0562. The molecule has 0 bridgehead atoms. The average molecular weight is 513 g/mol. The Labute approximate surface area is 218 Å². The van der Waals surface area contributed by atoms with Crippen LogP contribution in [0.2, 0.25) is 0 Å². The molecule has 0 unspecified atom stereocenters. The van der Waals surface area contributed by atoms with Gasteiger partial charge in [-0.25, -0.2) is 9.59 Å². The van der Waals surface area contributed by atoms with Gasteiger partial charge in [0.05, 0.1) is 10.8 Å². The Balaban J connectivity index is 1.30. The summed E-state index contributed by atoms with van der Waals surface area (Å²) >= 11 is 0. The molecule has 0 radical (unpaired) electrons. The SMILES string of the molecule is C[C@H]1CCC2=C(CC[C@]3(O)C(=O)O[C@@H]4[C@H]3CC[C@H](C)[C@@H]3CCC(=O)[C@@]43C)C(=O)O[C@H]2[C@]2(C)C(=O)CC[C@@H]12. The van der Waals surface area contributed by atoms with Crippen LogP contribution in [-0.2, 0) is 28.7 Å². The van der Waals surface area contributed by atoms with Crippen molar-refractivity contribution < 1.29 is 33.8 Å². The van der Waals surface area contributed by atoms with Crippen molar-refractivity contribution >= 4 is 23.5 Å². The van der Waals surface area contributed by atoms with Crippen molar-refractivity contribution in [3.05, 3.63) is 11.1 Å². The molecule has 4 saturated carbocycles. The van der Waals surface area contributed by atoms with Gasteiger partial charge in [0, 0.05) is 24.3 Å². The summed E-state index contributed by atoms with van der Waals surface area (Å²) in [7, 11) is 0. The number of hydrogen-bond acceptors (Lipinski definition) is 7. The molecule has 10 atom stereocenters. The largest absolute Gasteiger partial charge is 0.459 e. The molecule has 0 amide bonds. The smallest absolute Gasteiger partial charge is 0.338 e. The van der Waals surface area contributed by atoms with E-state index in [1.165, 1.54) is 0 Å². The number of Topliss-reactive ketones (excluding diaryl/α,β-unsaturated/α-hetero) is 2. The van der Waals surface area contributed by atoms with Gasteiger partial charge in [-0.15, -0.1) is 0 Å². The Morgan fingerprint density at radius 2 is 1.41 bits per heavy atom. The van der Waals surface area contributed by atoms with E-state index < -0.39 is 46.5 Å². The monoisotopic (exact) mass is 512 g/mol. The number of carbonyl (C=O) groups is 4. The fraction of sp³-hybridized carbons (Fsp3) is 0.800. The summed E-state index contributed by atoms with van der Waals surface area (Å²) in [5.74, 6) is -0.277. The van der Waals surface area contributed by atoms with Gasteiger partial charge in [-0.2, -0.15) is 0 Å². The Kier molecular flexibility index (Phi) is 5.63. The number of rotatable bonds is 3. The molecule has 4 aliphatic carbocycles. The zero-order chi connectivity index (χ0) is 26.5. The maximum atomic E-state index is 13.2. The van der Waals surface area contributed by atoms with E-state index in [1.54, 1.807) is 0 Å². The van der Waals surface area contributed by atoms with Crippen molar-refractivity contribution in [1.82, 2.24) is 0 Å². The van der Waals surface area contributed by atoms with Crippen molar-refractivity contribution in [1.29, 1.82) is 0 Å². The fourth-order valence-corrected chi connectivity index (χ4v) is 9.62. The molecule has 2 heterocycles. The molecule has 0 aromatic carbocycles. The minimum atomic E-state index is -1.75. The third kappa shape index (κ3) is 3.21. The highest BCUT2D eigenvalue weighted by atomic mass is 16.6. The lowest BCUT2D eigenvalue weighted by atomic mass is 9.66. The number of ketones is 2. The molecule has 0 aromatic rings. The van der Waals surface area contributed by atoms with Crippen molar-refractivity contribution in [3.63, 3.8) is 0 Å². The van der Waals surface area contributed by atoms with E-state index in [-0.39, 0.29) is 36.2 Å². The van der Waals surface area contributed by atoms with Crippen molar-refractivity contribution in [2.75, 3.05) is 0 Å². The van der Waals surface area contributed by atoms with Crippen LogP contribution in [0.4, 0.5) is 0 Å². The van der Waals surface area contributed by atoms with Gasteiger partial charge in [0.2, 0.25) is 0 Å². The Morgan fingerprint density at radius 3 is 2.11 bits per heavy atom. The Morgan fingerprint density at radius 1 is 0.784 bits per heavy atom. The van der Waals surface area contributed by atoms with E-state index >= 15 is 0 Å². The van der Waals surface area contributed by atoms with Crippen LogP contribution in [-0.4, -0.2) is 46.4 Å². The zero-order valence-electron chi connectivity index (χ0n) is 22.5. The molecule has 6 rings (SSSR count). The predicted octanol–water partition coefficient (Wildman–Crippen LogP) is 4.09. The second-order valence-corrected chi connectivity index (χ2v) is 13.4. The maximum Gasteiger partial charge on any atom is 0.338 e. The van der Waals surface area contributed by atoms with E-state index in [4.69, 9.17) is 9.47 Å². The Bertz CT molecular complexity index is 1110. The van der Waals surface area contributed by atoms with Gasteiger partial charge in [-0.05, 0) is 94.5 Å². The molecule has 0 aromatic heterocycles. The van der Waals surface area contributed by atoms with E-state index in [1.807, 2.05) is 13.8 Å². The summed E-state index contributed by atoms with van der Waals surface area (Å²) in [6.07, 6.45) is 4.73. The van der Waals surface area contributed by atoms with E-state index in [2.05, 4.69) is 13.8 Å². The highest BCUT2D eigenvalue weighted by molar-refractivity contribution is 5.96. The lowest BCUT2D eigenvalue weighted by Gasteiger charge is -2.37. The van der Waals surface area contributed by atoms with E-state index in [0.29, 0.717) is 43.1 Å². The van der Waals surface area contributed by atoms with Crippen LogP contribution in [0.15, 0.2) is 11.1 Å². The van der Waals surface area contributed by atoms with Crippen LogP contribution in [0, 0.1) is 40.4 Å². The van der Waals surface area contributed by atoms with Gasteiger partial charge in [-0.1, -0.05) is 13.8 Å². The van der Waals surface area contributed by atoms with Gasteiger partial charge in [0.1, 0.15) is 23.8 Å². The average Bonchev–Trinajstić information content (AvgIpc) is 3.48. The first-order valence-electron chi connectivity index (χ1n) is 14.4. The van der Waals surface area contributed by atoms with Crippen LogP contribution in [0.25, 0.3) is 0 Å². The summed E-state index contributed by atoms with van der Waals surface area (Å²) in [5, 5.41) is 11.9. The number of fused-ring (bicyclic) bond motifs is 6. The summed E-state index contributed by atoms with van der Waals surface area (Å²) in [6.45, 7) is 8.24. The number of carbonyl (C=O) groups excluding carboxylic acids is 4. The molecule has 1 N–H and O–H groups in total. The third-order valence-corrected chi connectivity index (χ3v) is 11.9. The molecule has 7 nitrogen and oxygen atoms in total. The molecule has 2 aliphatic heterocycles. The first-order valence-corrected chi connectivity index (χ1v) is 14.4. The van der Waals surface area contributed by atoms with Gasteiger partial charge < -0.3 is 14.6 Å². The number of esters is 2. The summed E-state index contributed by atoms with van der Waals surface area (Å²) < 4.78 is 11.8. The first kappa shape index (κ1) is 25.3. The summed E-state index contributed by atoms with van der Waals surface area (Å²) in [5.41, 5.74) is -1.82. The molecular weight excluding hydrogens is 472 g/mol. The van der Waals surface area contributed by atoms with Gasteiger partial charge in [0.15, 0.2) is 5.60 Å². The third-order valence-electron chi connectivity index (χ3n) is 11.9. The molecule has 1 saturated heterocycles. The quantitative estimate of drug-likeness (QED) is 0.568. The topological polar surface area (TPSA) is 107 Å². The summed E-state index contributed by atoms with van der Waals surface area (Å²) in [6, 6.07) is 0. The van der Waals surface area contributed by atoms with Crippen LogP contribution in [0.5, 0.6) is 0 Å². The normalized spacial score (nSPS) is 49.2. The maximum absolute atomic E-state index is 13.2. The lowest BCUT2D eigenvalue weighted by Crippen LogP contribution is -2.48. The highest BCUT2D eigenvalue weighted by Crippen LogP contribution is 2.59. The van der Waals surface area contributed by atoms with Crippen molar-refractivity contribution in [3.8, 4) is 0 Å². The van der Waals surface area contributed by atoms with E-state index in [9.17, 15) is 24.3 Å². The molecular formula is C30H40O7. The van der Waals surface area contributed by atoms with Gasteiger partial charge in [0.25, 0.3) is 0 Å². The number of ether oxygens (including phenoxy) is 2. The minimum Gasteiger partial charge on any atom is -0.459 e. The molecule has 6 aliphatic rings. The van der Waals surface area contributed by atoms with Crippen LogP contribution in [0.1, 0.15) is 91.9 Å². The van der Waals surface area contributed by atoms with E-state index in [0.717, 1.165) is 31.3 Å². The van der Waals surface area contributed by atoms with Crippen molar-refractivity contribution in [2.24, 2.45) is 40.4 Å². The molecule has 0 spiro atoms. The van der Waals surface area contributed by atoms with Crippen LogP contribution in [0.3, 0.4) is 0 Å². The molecule has 7 heteroatoms. The molecule has 37 heavy (non-hydrogen) atoms. The zero-order valence-corrected chi connectivity index (χ0v) is 22.5. The van der Waals surface area contributed by atoms with Gasteiger partial charge in [-0.3, -0.25) is 9.59 Å². The first-order chi connectivity index (χ1) is 17.4. The van der Waals surface area contributed by atoms with Crippen LogP contribution >= 0.6 is 0 Å². The number of aliphatic hydroxyl groups is 1. The lowest BCUT2D eigenvalue weighted by molar-refractivity contribution is -0.160. The summed E-state index contributed by atoms with van der Waals surface area (Å²) in [4.78, 5) is 52.6. The number of hydrogen-bond donors (Lipinski definition) is 1. The van der Waals surface area contributed by atoms with Gasteiger partial charge >= 0.3 is 11.9 Å². The second-order valence-electron chi connectivity index (χ2n) is 13.4. The van der Waals surface area contributed by atoms with Crippen LogP contribution < -0.4 is 0 Å². The fourth-order valence-electron chi connectivity index (χ4n) is 9.62. The highest BCUT2D eigenvalue weighted by Gasteiger charge is 2.67. The van der Waals surface area contributed by atoms with Crippen molar-refractivity contribution in [2.45, 2.75) is 110 Å². The standard InChI is InChI=1S/C30H40O7/c1-15-5-7-17-18(26(33)36-24(17)28(3)19(15)9-11-22(28)31)13-14-30(35)21-8-6-16(2)20-10-12-23(32)29(20,4)25(21)37-27(30)34/h15-16,19-21,24-25,35H,5-14H2,1-4H3/t15-,16-,19-,20-,21+,24+,25+,28-,29-,30+/m0/s1. The second kappa shape index (κ2) is 8.24. The predicted molar refractivity (Wildman–Crippen MR) is 133 cm³/mol. The molecule has 202 valence electrons. The Hall–Kier alpha value is -2.02. The molecule has 5 fully saturated rings.